The summed E-state index contributed by atoms with van der Waals surface area (Å²) in [6.45, 7) is 5.52. The minimum absolute atomic E-state index is 0.589. The monoisotopic (exact) mass is 278 g/mol. The van der Waals surface area contributed by atoms with Crippen LogP contribution in [0, 0.1) is 5.92 Å². The van der Waals surface area contributed by atoms with Crippen molar-refractivity contribution < 1.29 is 4.74 Å². The molecule has 0 aromatic carbocycles. The predicted octanol–water partition coefficient (Wildman–Crippen LogP) is 2.57. The molecule has 0 radical (unpaired) electrons. The Balaban J connectivity index is 1.80. The van der Waals surface area contributed by atoms with Crippen LogP contribution in [-0.2, 0) is 4.74 Å². The van der Waals surface area contributed by atoms with Gasteiger partial charge in [-0.15, -0.1) is 11.3 Å². The summed E-state index contributed by atoms with van der Waals surface area (Å²) in [7, 11) is 0. The van der Waals surface area contributed by atoms with Gasteiger partial charge in [-0.2, -0.15) is 4.98 Å². The maximum atomic E-state index is 5.40. The van der Waals surface area contributed by atoms with Crippen LogP contribution in [0.3, 0.4) is 0 Å². The topological polar surface area (TPSA) is 59.1 Å². The van der Waals surface area contributed by atoms with E-state index in [0.29, 0.717) is 11.9 Å². The van der Waals surface area contributed by atoms with E-state index in [0.717, 1.165) is 48.8 Å². The zero-order valence-electron chi connectivity index (χ0n) is 11.0. The second-order valence-electron chi connectivity index (χ2n) is 4.68. The highest BCUT2D eigenvalue weighted by Gasteiger charge is 2.16. The molecule has 1 aliphatic rings. The van der Waals surface area contributed by atoms with Crippen molar-refractivity contribution in [2.45, 2.75) is 13.3 Å². The quantitative estimate of drug-likeness (QED) is 0.880. The third-order valence-corrected chi connectivity index (χ3v) is 4.05. The number of hydrogen-bond acceptors (Lipinski definition) is 6. The molecule has 0 saturated carbocycles. The summed E-state index contributed by atoms with van der Waals surface area (Å²) in [6, 6.07) is 2.07. The number of hydrogen-bond donors (Lipinski definition) is 2. The Hall–Kier alpha value is -1.40. The first-order valence-corrected chi connectivity index (χ1v) is 7.55. The van der Waals surface area contributed by atoms with Crippen molar-refractivity contribution >= 4 is 33.3 Å². The molecule has 0 spiro atoms. The fraction of sp³-hybridized carbons (Fsp3) is 0.538. The van der Waals surface area contributed by atoms with Crippen LogP contribution in [0.2, 0.25) is 0 Å². The molecule has 6 heteroatoms. The Morgan fingerprint density at radius 1 is 1.42 bits per heavy atom. The molecule has 19 heavy (non-hydrogen) atoms. The number of ether oxygens (including phenoxy) is 1. The van der Waals surface area contributed by atoms with Crippen LogP contribution < -0.4 is 10.6 Å². The third-order valence-electron chi connectivity index (χ3n) is 3.24. The molecule has 2 aromatic rings. The summed E-state index contributed by atoms with van der Waals surface area (Å²) in [4.78, 5) is 10.1. The van der Waals surface area contributed by atoms with Crippen LogP contribution in [0.15, 0.2) is 11.4 Å². The van der Waals surface area contributed by atoms with Crippen LogP contribution in [0.4, 0.5) is 11.8 Å². The highest BCUT2D eigenvalue weighted by atomic mass is 32.1. The summed E-state index contributed by atoms with van der Waals surface area (Å²) in [5.74, 6) is 2.21. The van der Waals surface area contributed by atoms with E-state index in [1.807, 2.05) is 6.92 Å². The standard InChI is InChI=1S/C13H18N4OS/c1-2-14-13-16-11(10-4-6-19-12(10)17-13)15-7-9-3-5-18-8-9/h4,6,9H,2-3,5,7-8H2,1H3,(H2,14,15,16,17). The van der Waals surface area contributed by atoms with Gasteiger partial charge in [0, 0.05) is 25.6 Å². The lowest BCUT2D eigenvalue weighted by Gasteiger charge is -2.12. The third kappa shape index (κ3) is 2.79. The van der Waals surface area contributed by atoms with E-state index in [-0.39, 0.29) is 0 Å². The van der Waals surface area contributed by atoms with Crippen molar-refractivity contribution in [1.29, 1.82) is 0 Å². The number of nitrogens with zero attached hydrogens (tertiary/aromatic N) is 2. The average Bonchev–Trinajstić information content (AvgIpc) is 3.07. The molecule has 1 atom stereocenters. The summed E-state index contributed by atoms with van der Waals surface area (Å²) < 4.78 is 5.40. The Bertz CT molecular complexity index is 551. The minimum Gasteiger partial charge on any atom is -0.381 e. The molecule has 1 fully saturated rings. The second-order valence-corrected chi connectivity index (χ2v) is 5.57. The van der Waals surface area contributed by atoms with Gasteiger partial charge in [-0.1, -0.05) is 0 Å². The van der Waals surface area contributed by atoms with E-state index in [2.05, 4.69) is 32.0 Å². The van der Waals surface area contributed by atoms with Crippen LogP contribution in [0.25, 0.3) is 10.2 Å². The van der Waals surface area contributed by atoms with E-state index in [1.165, 1.54) is 0 Å². The van der Waals surface area contributed by atoms with E-state index in [1.54, 1.807) is 11.3 Å². The lowest BCUT2D eigenvalue weighted by molar-refractivity contribution is 0.187. The molecule has 3 heterocycles. The van der Waals surface area contributed by atoms with Crippen molar-refractivity contribution in [3.63, 3.8) is 0 Å². The Kier molecular flexibility index (Phi) is 3.79. The summed E-state index contributed by atoms with van der Waals surface area (Å²) in [5.41, 5.74) is 0. The Morgan fingerprint density at radius 3 is 3.16 bits per heavy atom. The number of anilines is 2. The van der Waals surface area contributed by atoms with Crippen molar-refractivity contribution in [3.8, 4) is 0 Å². The molecule has 5 nitrogen and oxygen atoms in total. The number of aromatic nitrogens is 2. The largest absolute Gasteiger partial charge is 0.381 e. The van der Waals surface area contributed by atoms with E-state index >= 15 is 0 Å². The molecule has 1 unspecified atom stereocenters. The van der Waals surface area contributed by atoms with Gasteiger partial charge in [0.1, 0.15) is 10.6 Å². The molecule has 2 aromatic heterocycles. The number of fused-ring (bicyclic) bond motifs is 1. The lowest BCUT2D eigenvalue weighted by Crippen LogP contribution is -2.15. The minimum atomic E-state index is 0.589. The van der Waals surface area contributed by atoms with E-state index in [9.17, 15) is 0 Å². The number of thiophene rings is 1. The fourth-order valence-corrected chi connectivity index (χ4v) is 2.98. The van der Waals surface area contributed by atoms with Gasteiger partial charge >= 0.3 is 0 Å². The Morgan fingerprint density at radius 2 is 2.37 bits per heavy atom. The molecule has 0 aliphatic carbocycles. The predicted molar refractivity (Wildman–Crippen MR) is 79.0 cm³/mol. The van der Waals surface area contributed by atoms with Gasteiger partial charge in [0.2, 0.25) is 5.95 Å². The van der Waals surface area contributed by atoms with Gasteiger partial charge in [-0.05, 0) is 24.8 Å². The maximum absolute atomic E-state index is 5.40. The first-order chi connectivity index (χ1) is 9.36. The number of nitrogens with one attached hydrogen (secondary N) is 2. The summed E-state index contributed by atoms with van der Waals surface area (Å²) in [6.07, 6.45) is 1.13. The zero-order valence-corrected chi connectivity index (χ0v) is 11.8. The van der Waals surface area contributed by atoms with Crippen LogP contribution >= 0.6 is 11.3 Å². The summed E-state index contributed by atoms with van der Waals surface area (Å²) >= 11 is 1.64. The zero-order chi connectivity index (χ0) is 13.1. The molecular weight excluding hydrogens is 260 g/mol. The smallest absolute Gasteiger partial charge is 0.226 e. The molecular formula is C13H18N4OS. The van der Waals surface area contributed by atoms with Crippen LogP contribution in [-0.4, -0.2) is 36.3 Å². The Labute approximate surface area is 116 Å². The van der Waals surface area contributed by atoms with E-state index in [4.69, 9.17) is 4.74 Å². The average molecular weight is 278 g/mol. The van der Waals surface area contributed by atoms with Crippen LogP contribution in [0.5, 0.6) is 0 Å². The molecule has 102 valence electrons. The van der Waals surface area contributed by atoms with Crippen LogP contribution in [0.1, 0.15) is 13.3 Å². The molecule has 1 saturated heterocycles. The second kappa shape index (κ2) is 5.71. The van der Waals surface area contributed by atoms with Gasteiger partial charge in [-0.3, -0.25) is 0 Å². The van der Waals surface area contributed by atoms with Crippen molar-refractivity contribution in [2.24, 2.45) is 5.92 Å². The molecule has 0 bridgehead atoms. The van der Waals surface area contributed by atoms with Crippen molar-refractivity contribution in [2.75, 3.05) is 36.9 Å². The SMILES string of the molecule is CCNc1nc(NCC2CCOC2)c2ccsc2n1. The maximum Gasteiger partial charge on any atom is 0.226 e. The normalized spacial score (nSPS) is 18.9. The molecule has 2 N–H and O–H groups in total. The van der Waals surface area contributed by atoms with Gasteiger partial charge in [0.25, 0.3) is 0 Å². The van der Waals surface area contributed by atoms with Crippen molar-refractivity contribution in [1.82, 2.24) is 9.97 Å². The first-order valence-electron chi connectivity index (χ1n) is 6.67. The highest BCUT2D eigenvalue weighted by molar-refractivity contribution is 7.16. The molecule has 3 rings (SSSR count). The summed E-state index contributed by atoms with van der Waals surface area (Å²) in [5, 5.41) is 9.78. The fourth-order valence-electron chi connectivity index (χ4n) is 2.21. The van der Waals surface area contributed by atoms with Gasteiger partial charge < -0.3 is 15.4 Å². The van der Waals surface area contributed by atoms with E-state index < -0.39 is 0 Å². The highest BCUT2D eigenvalue weighted by Crippen LogP contribution is 2.27. The molecule has 1 aliphatic heterocycles. The van der Waals surface area contributed by atoms with Gasteiger partial charge in [0.05, 0.1) is 12.0 Å². The molecule has 0 amide bonds. The van der Waals surface area contributed by atoms with Gasteiger partial charge in [0.15, 0.2) is 0 Å². The van der Waals surface area contributed by atoms with Gasteiger partial charge in [-0.25, -0.2) is 4.98 Å². The lowest BCUT2D eigenvalue weighted by atomic mass is 10.1. The first kappa shape index (κ1) is 12.6. The number of rotatable bonds is 5. The van der Waals surface area contributed by atoms with Crippen molar-refractivity contribution in [3.05, 3.63) is 11.4 Å².